The molecule has 1 aromatic carbocycles. The molecule has 1 aliphatic heterocycles. The van der Waals surface area contributed by atoms with Gasteiger partial charge >= 0.3 is 5.97 Å². The van der Waals surface area contributed by atoms with E-state index in [0.717, 1.165) is 18.4 Å². The second kappa shape index (κ2) is 9.26. The number of benzene rings is 1. The fourth-order valence-corrected chi connectivity index (χ4v) is 3.26. The molecule has 6 heteroatoms. The van der Waals surface area contributed by atoms with Crippen molar-refractivity contribution in [3.63, 3.8) is 0 Å². The molecule has 1 saturated heterocycles. The van der Waals surface area contributed by atoms with Crippen LogP contribution in [0.4, 0.5) is 0 Å². The predicted molar refractivity (Wildman–Crippen MR) is 98.0 cm³/mol. The highest BCUT2D eigenvalue weighted by Crippen LogP contribution is 2.26. The maximum Gasteiger partial charge on any atom is 0.314 e. The van der Waals surface area contributed by atoms with Gasteiger partial charge in [-0.1, -0.05) is 37.3 Å². The van der Waals surface area contributed by atoms with Crippen molar-refractivity contribution >= 4 is 11.8 Å². The molecule has 1 heterocycles. The lowest BCUT2D eigenvalue weighted by Crippen LogP contribution is -2.36. The Balaban J connectivity index is 1.75. The summed E-state index contributed by atoms with van der Waals surface area (Å²) in [7, 11) is 0. The van der Waals surface area contributed by atoms with Crippen molar-refractivity contribution in [3.05, 3.63) is 35.9 Å². The molecule has 2 rings (SSSR count). The van der Waals surface area contributed by atoms with Gasteiger partial charge in [0.25, 0.3) is 0 Å². The second-order valence-corrected chi connectivity index (χ2v) is 7.25. The molecule has 0 aromatic heterocycles. The largest absolute Gasteiger partial charge is 0.481 e. The monoisotopic (exact) mass is 363 g/mol. The van der Waals surface area contributed by atoms with Crippen molar-refractivity contribution < 1.29 is 24.2 Å². The van der Waals surface area contributed by atoms with Gasteiger partial charge < -0.3 is 19.9 Å². The van der Waals surface area contributed by atoms with E-state index >= 15 is 0 Å². The Morgan fingerprint density at radius 2 is 2.00 bits per heavy atom. The summed E-state index contributed by atoms with van der Waals surface area (Å²) in [5, 5.41) is 12.6. The maximum absolute atomic E-state index is 12.4. The molecule has 0 bridgehead atoms. The Hall–Kier alpha value is -1.76. The third-order valence-corrected chi connectivity index (χ3v) is 4.68. The lowest BCUT2D eigenvalue weighted by atomic mass is 9.84. The highest BCUT2D eigenvalue weighted by atomic mass is 16.7. The number of carboxylic acid groups (broad SMARTS) is 1. The molecule has 3 atom stereocenters. The second-order valence-electron chi connectivity index (χ2n) is 7.25. The fourth-order valence-electron chi connectivity index (χ4n) is 3.26. The number of aliphatic carboxylic acids is 1. The van der Waals surface area contributed by atoms with Crippen LogP contribution < -0.4 is 5.32 Å². The van der Waals surface area contributed by atoms with Crippen molar-refractivity contribution in [1.82, 2.24) is 5.32 Å². The SMILES string of the molecule is CC(c1ccccc1)C(C(=O)O)C(=O)CNCCCC1COC(C)(C)O1. The van der Waals surface area contributed by atoms with Crippen LogP contribution in [0.1, 0.15) is 45.1 Å². The normalized spacial score (nSPS) is 21.3. The van der Waals surface area contributed by atoms with Crippen molar-refractivity contribution in [2.24, 2.45) is 5.92 Å². The van der Waals surface area contributed by atoms with Gasteiger partial charge in [-0.25, -0.2) is 0 Å². The summed E-state index contributed by atoms with van der Waals surface area (Å²) in [5.41, 5.74) is 0.856. The number of hydrogen-bond acceptors (Lipinski definition) is 5. The van der Waals surface area contributed by atoms with Crippen LogP contribution >= 0.6 is 0 Å². The first-order chi connectivity index (χ1) is 12.3. The smallest absolute Gasteiger partial charge is 0.314 e. The van der Waals surface area contributed by atoms with Gasteiger partial charge in [0.05, 0.1) is 19.3 Å². The number of carbonyl (C=O) groups is 2. The average Bonchev–Trinajstić information content (AvgIpc) is 2.94. The van der Waals surface area contributed by atoms with Gasteiger partial charge in [0.1, 0.15) is 5.92 Å². The minimum absolute atomic E-state index is 0.0572. The van der Waals surface area contributed by atoms with Crippen LogP contribution in [-0.4, -0.2) is 48.4 Å². The zero-order chi connectivity index (χ0) is 19.2. The Morgan fingerprint density at radius 1 is 1.31 bits per heavy atom. The van der Waals surface area contributed by atoms with Gasteiger partial charge in [-0.15, -0.1) is 0 Å². The van der Waals surface area contributed by atoms with Gasteiger partial charge in [0.2, 0.25) is 0 Å². The first kappa shape index (κ1) is 20.6. The molecule has 0 radical (unpaired) electrons. The summed E-state index contributed by atoms with van der Waals surface area (Å²) in [6.45, 7) is 6.85. The Morgan fingerprint density at radius 3 is 2.58 bits per heavy atom. The fraction of sp³-hybridized carbons (Fsp3) is 0.600. The summed E-state index contributed by atoms with van der Waals surface area (Å²) in [6.07, 6.45) is 1.75. The topological polar surface area (TPSA) is 84.9 Å². The number of nitrogens with one attached hydrogen (secondary N) is 1. The van der Waals surface area contributed by atoms with E-state index in [1.807, 2.05) is 44.2 Å². The van der Waals surface area contributed by atoms with E-state index in [0.29, 0.717) is 13.2 Å². The quantitative estimate of drug-likeness (QED) is 0.491. The number of carbonyl (C=O) groups excluding carboxylic acids is 1. The van der Waals surface area contributed by atoms with Gasteiger partial charge in [0, 0.05) is 5.92 Å². The third-order valence-electron chi connectivity index (χ3n) is 4.68. The Labute approximate surface area is 154 Å². The molecule has 0 aliphatic carbocycles. The van der Waals surface area contributed by atoms with Crippen LogP contribution in [0, 0.1) is 5.92 Å². The standard InChI is InChI=1S/C20H29NO5/c1-14(15-8-5-4-6-9-15)18(19(23)24)17(22)12-21-11-7-10-16-13-25-20(2,3)26-16/h4-6,8-9,14,16,18,21H,7,10-13H2,1-3H3,(H,23,24). The minimum Gasteiger partial charge on any atom is -0.481 e. The van der Waals surface area contributed by atoms with Crippen molar-refractivity contribution in [2.75, 3.05) is 19.7 Å². The Kier molecular flexibility index (Phi) is 7.32. The summed E-state index contributed by atoms with van der Waals surface area (Å²) < 4.78 is 11.2. The third kappa shape index (κ3) is 5.90. The Bertz CT molecular complexity index is 601. The van der Waals surface area contributed by atoms with E-state index in [1.165, 1.54) is 0 Å². The lowest BCUT2D eigenvalue weighted by molar-refractivity contribution is -0.146. The van der Waals surface area contributed by atoms with E-state index in [9.17, 15) is 14.7 Å². The average molecular weight is 363 g/mol. The van der Waals surface area contributed by atoms with Crippen LogP contribution in [0.25, 0.3) is 0 Å². The zero-order valence-electron chi connectivity index (χ0n) is 15.7. The number of ketones is 1. The molecule has 1 aromatic rings. The highest BCUT2D eigenvalue weighted by Gasteiger charge is 2.33. The number of rotatable bonds is 10. The molecule has 0 amide bonds. The van der Waals surface area contributed by atoms with Crippen LogP contribution in [0.3, 0.4) is 0 Å². The molecule has 0 spiro atoms. The first-order valence-electron chi connectivity index (χ1n) is 9.13. The van der Waals surface area contributed by atoms with E-state index in [4.69, 9.17) is 9.47 Å². The number of Topliss-reactive ketones (excluding diaryl/α,β-unsaturated/α-hetero) is 1. The zero-order valence-corrected chi connectivity index (χ0v) is 15.7. The first-order valence-corrected chi connectivity index (χ1v) is 9.13. The molecule has 0 saturated carbocycles. The van der Waals surface area contributed by atoms with Gasteiger partial charge in [-0.2, -0.15) is 0 Å². The van der Waals surface area contributed by atoms with E-state index < -0.39 is 17.7 Å². The van der Waals surface area contributed by atoms with Gasteiger partial charge in [-0.3, -0.25) is 9.59 Å². The minimum atomic E-state index is -1.08. The predicted octanol–water partition coefficient (Wildman–Crippen LogP) is 2.58. The molecule has 6 nitrogen and oxygen atoms in total. The molecule has 1 fully saturated rings. The summed E-state index contributed by atoms with van der Waals surface area (Å²) in [4.78, 5) is 24.0. The molecule has 2 N–H and O–H groups in total. The molecule has 1 aliphatic rings. The van der Waals surface area contributed by atoms with E-state index in [-0.39, 0.29) is 24.3 Å². The van der Waals surface area contributed by atoms with Crippen LogP contribution in [-0.2, 0) is 19.1 Å². The number of hydrogen-bond donors (Lipinski definition) is 2. The summed E-state index contributed by atoms with van der Waals surface area (Å²) in [5.74, 6) is -3.30. The van der Waals surface area contributed by atoms with Crippen LogP contribution in [0.2, 0.25) is 0 Å². The summed E-state index contributed by atoms with van der Waals surface area (Å²) in [6, 6.07) is 9.28. The van der Waals surface area contributed by atoms with Crippen LogP contribution in [0.5, 0.6) is 0 Å². The van der Waals surface area contributed by atoms with Crippen molar-refractivity contribution in [1.29, 1.82) is 0 Å². The molecular formula is C20H29NO5. The van der Waals surface area contributed by atoms with E-state index in [2.05, 4.69) is 5.32 Å². The lowest BCUT2D eigenvalue weighted by Gasteiger charge is -2.20. The highest BCUT2D eigenvalue weighted by molar-refractivity contribution is 6.00. The number of carboxylic acids is 1. The molecule has 3 unspecified atom stereocenters. The molecule has 26 heavy (non-hydrogen) atoms. The maximum atomic E-state index is 12.4. The van der Waals surface area contributed by atoms with Gasteiger partial charge in [-0.05, 0) is 38.8 Å². The van der Waals surface area contributed by atoms with Crippen LogP contribution in [0.15, 0.2) is 30.3 Å². The molecular weight excluding hydrogens is 334 g/mol. The summed E-state index contributed by atoms with van der Waals surface area (Å²) >= 11 is 0. The van der Waals surface area contributed by atoms with Crippen molar-refractivity contribution in [3.8, 4) is 0 Å². The van der Waals surface area contributed by atoms with Crippen molar-refractivity contribution in [2.45, 2.75) is 51.4 Å². The van der Waals surface area contributed by atoms with Gasteiger partial charge in [0.15, 0.2) is 11.6 Å². The molecule has 144 valence electrons. The number of ether oxygens (including phenoxy) is 2. The van der Waals surface area contributed by atoms with E-state index in [1.54, 1.807) is 6.92 Å².